The van der Waals surface area contributed by atoms with Crippen LogP contribution in [0, 0.1) is 0 Å². The van der Waals surface area contributed by atoms with E-state index in [2.05, 4.69) is 6.58 Å². The van der Waals surface area contributed by atoms with Crippen molar-refractivity contribution in [3.63, 3.8) is 0 Å². The van der Waals surface area contributed by atoms with E-state index < -0.39 is 0 Å². The van der Waals surface area contributed by atoms with Crippen LogP contribution in [0.2, 0.25) is 0 Å². The molecular weight excluding hydrogens is 184 g/mol. The van der Waals surface area contributed by atoms with Crippen LogP contribution in [0.1, 0.15) is 6.92 Å². The van der Waals surface area contributed by atoms with Crippen molar-refractivity contribution >= 4 is 35.1 Å². The number of rotatable bonds is 0. The lowest BCUT2D eigenvalue weighted by molar-refractivity contribution is 1.56. The van der Waals surface area contributed by atoms with Gasteiger partial charge in [-0.05, 0) is 6.92 Å². The fourth-order valence-corrected chi connectivity index (χ4v) is 2.82. The molecule has 0 spiro atoms. The summed E-state index contributed by atoms with van der Waals surface area (Å²) >= 11 is 9.52. The van der Waals surface area contributed by atoms with E-state index in [9.17, 15) is 0 Å². The fraction of sp³-hybridized carbons (Fsp3) is 0.429. The first-order valence-electron chi connectivity index (χ1n) is 3.03. The molecular formula is C7H9ClS2. The van der Waals surface area contributed by atoms with Gasteiger partial charge in [-0.25, -0.2) is 0 Å². The summed E-state index contributed by atoms with van der Waals surface area (Å²) in [4.78, 5) is 2.22. The molecule has 1 aliphatic heterocycles. The van der Waals surface area contributed by atoms with E-state index in [1.165, 1.54) is 4.91 Å². The van der Waals surface area contributed by atoms with Gasteiger partial charge in [0.2, 0.25) is 0 Å². The second-order valence-electron chi connectivity index (χ2n) is 1.99. The minimum Gasteiger partial charge on any atom is -0.128 e. The third kappa shape index (κ3) is 1.97. The molecule has 1 rings (SSSR count). The zero-order valence-electron chi connectivity index (χ0n) is 5.82. The van der Waals surface area contributed by atoms with E-state index in [4.69, 9.17) is 11.6 Å². The molecule has 1 heterocycles. The normalized spacial score (nSPS) is 21.2. The Kier molecular flexibility index (Phi) is 3.21. The van der Waals surface area contributed by atoms with Gasteiger partial charge >= 0.3 is 0 Å². The van der Waals surface area contributed by atoms with Crippen molar-refractivity contribution in [2.75, 3.05) is 11.5 Å². The highest BCUT2D eigenvalue weighted by atomic mass is 35.5. The molecule has 0 fully saturated rings. The molecule has 0 saturated heterocycles. The lowest BCUT2D eigenvalue weighted by Gasteiger charge is -1.99. The van der Waals surface area contributed by atoms with Gasteiger partial charge in [-0.15, -0.1) is 23.5 Å². The zero-order chi connectivity index (χ0) is 7.56. The van der Waals surface area contributed by atoms with Gasteiger partial charge < -0.3 is 0 Å². The van der Waals surface area contributed by atoms with Crippen molar-refractivity contribution < 1.29 is 0 Å². The van der Waals surface area contributed by atoms with Gasteiger partial charge in [0.1, 0.15) is 0 Å². The summed E-state index contributed by atoms with van der Waals surface area (Å²) in [5, 5.41) is 0.854. The van der Waals surface area contributed by atoms with Crippen molar-refractivity contribution in [1.29, 1.82) is 0 Å². The first-order chi connectivity index (χ1) is 4.72. The summed E-state index contributed by atoms with van der Waals surface area (Å²) in [5.41, 5.74) is 0. The third-order valence-corrected chi connectivity index (χ3v) is 4.23. The number of halogens is 1. The van der Waals surface area contributed by atoms with E-state index in [1.807, 2.05) is 18.7 Å². The van der Waals surface area contributed by atoms with Crippen molar-refractivity contribution in [2.45, 2.75) is 6.92 Å². The third-order valence-electron chi connectivity index (χ3n) is 1.23. The Morgan fingerprint density at radius 1 is 1.40 bits per heavy atom. The molecule has 0 unspecified atom stereocenters. The topological polar surface area (TPSA) is 0 Å². The van der Waals surface area contributed by atoms with Crippen LogP contribution in [0.5, 0.6) is 0 Å². The summed E-state index contributed by atoms with van der Waals surface area (Å²) in [6.45, 7) is 5.91. The number of hydrogen-bond acceptors (Lipinski definition) is 2. The maximum absolute atomic E-state index is 5.96. The number of hydrogen-bond donors (Lipinski definition) is 0. The molecule has 3 heteroatoms. The van der Waals surface area contributed by atoms with Crippen LogP contribution < -0.4 is 0 Å². The molecule has 1 aliphatic rings. The smallest absolute Gasteiger partial charge is 0.0627 e. The van der Waals surface area contributed by atoms with E-state index >= 15 is 0 Å². The van der Waals surface area contributed by atoms with Crippen LogP contribution >= 0.6 is 35.1 Å². The second-order valence-corrected chi connectivity index (χ2v) is 4.87. The SMILES string of the molecule is C=C1SCCSC(C)=C1Cl. The molecule has 0 aromatic carbocycles. The number of allylic oxidation sites excluding steroid dienone is 2. The van der Waals surface area contributed by atoms with Crippen LogP contribution in [0.3, 0.4) is 0 Å². The van der Waals surface area contributed by atoms with Gasteiger partial charge in [0, 0.05) is 21.3 Å². The summed E-state index contributed by atoms with van der Waals surface area (Å²) in [5.74, 6) is 2.27. The van der Waals surface area contributed by atoms with Gasteiger partial charge in [-0.3, -0.25) is 0 Å². The minimum atomic E-state index is 0.854. The molecule has 0 N–H and O–H groups in total. The van der Waals surface area contributed by atoms with Crippen LogP contribution in [-0.2, 0) is 0 Å². The largest absolute Gasteiger partial charge is 0.128 e. The van der Waals surface area contributed by atoms with E-state index in [-0.39, 0.29) is 0 Å². The average Bonchev–Trinajstić information content (AvgIpc) is 2.04. The average molecular weight is 193 g/mol. The summed E-state index contributed by atoms with van der Waals surface area (Å²) in [6, 6.07) is 0. The van der Waals surface area contributed by atoms with Crippen LogP contribution in [-0.4, -0.2) is 11.5 Å². The van der Waals surface area contributed by atoms with E-state index in [0.29, 0.717) is 0 Å². The van der Waals surface area contributed by atoms with Gasteiger partial charge in [-0.2, -0.15) is 0 Å². The Balaban J connectivity index is 2.79. The van der Waals surface area contributed by atoms with Crippen molar-refractivity contribution in [2.24, 2.45) is 0 Å². The Hall–Kier alpha value is 0.470. The van der Waals surface area contributed by atoms with Crippen LogP contribution in [0.4, 0.5) is 0 Å². The van der Waals surface area contributed by atoms with Crippen LogP contribution in [0.15, 0.2) is 21.4 Å². The van der Waals surface area contributed by atoms with Crippen molar-refractivity contribution in [3.05, 3.63) is 21.4 Å². The zero-order valence-corrected chi connectivity index (χ0v) is 8.20. The Morgan fingerprint density at radius 3 is 2.70 bits per heavy atom. The Labute approximate surface area is 75.1 Å². The highest BCUT2D eigenvalue weighted by molar-refractivity contribution is 8.07. The molecule has 0 nitrogen and oxygen atoms in total. The van der Waals surface area contributed by atoms with E-state index in [1.54, 1.807) is 11.8 Å². The monoisotopic (exact) mass is 192 g/mol. The highest BCUT2D eigenvalue weighted by Gasteiger charge is 2.09. The first kappa shape index (κ1) is 8.57. The second kappa shape index (κ2) is 3.74. The summed E-state index contributed by atoms with van der Waals surface area (Å²) < 4.78 is 0. The molecule has 0 aromatic rings. The molecule has 0 atom stereocenters. The molecule has 10 heavy (non-hydrogen) atoms. The summed E-state index contributed by atoms with van der Waals surface area (Å²) in [6.07, 6.45) is 0. The quantitative estimate of drug-likeness (QED) is 0.577. The van der Waals surface area contributed by atoms with Crippen LogP contribution in [0.25, 0.3) is 0 Å². The summed E-state index contributed by atoms with van der Waals surface area (Å²) in [7, 11) is 0. The maximum atomic E-state index is 5.96. The predicted octanol–water partition coefficient (Wildman–Crippen LogP) is 3.45. The Morgan fingerprint density at radius 2 is 2.00 bits per heavy atom. The van der Waals surface area contributed by atoms with Gasteiger partial charge in [0.15, 0.2) is 0 Å². The standard InChI is InChI=1S/C7H9ClS2/c1-5-7(8)6(2)10-4-3-9-5/h1,3-4H2,2H3. The van der Waals surface area contributed by atoms with Gasteiger partial charge in [0.05, 0.1) is 5.03 Å². The Bertz CT molecular complexity index is 184. The first-order valence-corrected chi connectivity index (χ1v) is 5.38. The fourth-order valence-electron chi connectivity index (χ4n) is 0.683. The maximum Gasteiger partial charge on any atom is 0.0627 e. The minimum absolute atomic E-state index is 0.854. The molecule has 0 saturated carbocycles. The number of thioether (sulfide) groups is 2. The van der Waals surface area contributed by atoms with E-state index in [0.717, 1.165) is 21.4 Å². The molecule has 0 bridgehead atoms. The van der Waals surface area contributed by atoms with Gasteiger partial charge in [-0.1, -0.05) is 18.2 Å². The molecule has 0 amide bonds. The van der Waals surface area contributed by atoms with Gasteiger partial charge in [0.25, 0.3) is 0 Å². The van der Waals surface area contributed by atoms with Crippen molar-refractivity contribution in [3.8, 4) is 0 Å². The van der Waals surface area contributed by atoms with Crippen molar-refractivity contribution in [1.82, 2.24) is 0 Å². The molecule has 0 radical (unpaired) electrons. The predicted molar refractivity (Wildman–Crippen MR) is 52.6 cm³/mol. The molecule has 56 valence electrons. The lowest BCUT2D eigenvalue weighted by atomic mass is 10.5. The lowest BCUT2D eigenvalue weighted by Crippen LogP contribution is -1.77. The highest BCUT2D eigenvalue weighted by Crippen LogP contribution is 2.36. The molecule has 0 aromatic heterocycles. The molecule has 0 aliphatic carbocycles.